The SMILES string of the molecule is COC(=O)c1occc1CN[C@H](C)c1ccccc1. The summed E-state index contributed by atoms with van der Waals surface area (Å²) in [6.07, 6.45) is 1.50. The van der Waals surface area contributed by atoms with Crippen molar-refractivity contribution in [2.75, 3.05) is 7.11 Å². The van der Waals surface area contributed by atoms with Crippen molar-refractivity contribution in [2.24, 2.45) is 0 Å². The van der Waals surface area contributed by atoms with Gasteiger partial charge in [-0.1, -0.05) is 30.3 Å². The quantitative estimate of drug-likeness (QED) is 0.839. The molecule has 0 aliphatic rings. The largest absolute Gasteiger partial charge is 0.463 e. The summed E-state index contributed by atoms with van der Waals surface area (Å²) in [6, 6.07) is 12.1. The summed E-state index contributed by atoms with van der Waals surface area (Å²) in [5.74, 6) is -0.190. The zero-order valence-corrected chi connectivity index (χ0v) is 11.1. The standard InChI is InChI=1S/C15H17NO3/c1-11(12-6-4-3-5-7-12)16-10-13-8-9-19-14(13)15(17)18-2/h3-9,11,16H,10H2,1-2H3/t11-/m1/s1. The average molecular weight is 259 g/mol. The average Bonchev–Trinajstić information content (AvgIpc) is 2.93. The van der Waals surface area contributed by atoms with E-state index in [1.165, 1.54) is 18.9 Å². The van der Waals surface area contributed by atoms with E-state index in [-0.39, 0.29) is 11.8 Å². The van der Waals surface area contributed by atoms with Crippen molar-refractivity contribution in [2.45, 2.75) is 19.5 Å². The minimum Gasteiger partial charge on any atom is -0.463 e. The lowest BCUT2D eigenvalue weighted by molar-refractivity contribution is 0.0563. The Balaban J connectivity index is 2.00. The summed E-state index contributed by atoms with van der Waals surface area (Å²) < 4.78 is 9.81. The Bertz CT molecular complexity index is 533. The van der Waals surface area contributed by atoms with E-state index < -0.39 is 5.97 Å². The number of furan rings is 1. The molecule has 1 heterocycles. The van der Waals surface area contributed by atoms with Crippen molar-refractivity contribution in [3.05, 3.63) is 59.5 Å². The van der Waals surface area contributed by atoms with Gasteiger partial charge in [-0.2, -0.15) is 0 Å². The molecule has 1 atom stereocenters. The fourth-order valence-corrected chi connectivity index (χ4v) is 1.87. The lowest BCUT2D eigenvalue weighted by atomic mass is 10.1. The molecule has 100 valence electrons. The lowest BCUT2D eigenvalue weighted by Crippen LogP contribution is -2.19. The highest BCUT2D eigenvalue weighted by atomic mass is 16.5. The molecule has 2 rings (SSSR count). The van der Waals surface area contributed by atoms with Gasteiger partial charge in [0, 0.05) is 18.2 Å². The van der Waals surface area contributed by atoms with Crippen LogP contribution >= 0.6 is 0 Å². The van der Waals surface area contributed by atoms with Crippen molar-refractivity contribution >= 4 is 5.97 Å². The molecule has 19 heavy (non-hydrogen) atoms. The smallest absolute Gasteiger partial charge is 0.374 e. The Kier molecular flexibility index (Phi) is 4.36. The van der Waals surface area contributed by atoms with E-state index in [1.807, 2.05) is 18.2 Å². The van der Waals surface area contributed by atoms with Gasteiger partial charge in [-0.05, 0) is 18.6 Å². The fourth-order valence-electron chi connectivity index (χ4n) is 1.87. The molecule has 0 unspecified atom stereocenters. The summed E-state index contributed by atoms with van der Waals surface area (Å²) in [4.78, 5) is 11.5. The normalized spacial score (nSPS) is 12.1. The first-order chi connectivity index (χ1) is 9.22. The Hall–Kier alpha value is -2.07. The Morgan fingerprint density at radius 2 is 2.05 bits per heavy atom. The molecule has 0 aliphatic heterocycles. The molecule has 0 fully saturated rings. The molecular formula is C15H17NO3. The van der Waals surface area contributed by atoms with Crippen molar-refractivity contribution in [1.82, 2.24) is 5.32 Å². The van der Waals surface area contributed by atoms with Gasteiger partial charge in [0.05, 0.1) is 13.4 Å². The highest BCUT2D eigenvalue weighted by Gasteiger charge is 2.16. The zero-order chi connectivity index (χ0) is 13.7. The number of hydrogen-bond acceptors (Lipinski definition) is 4. The number of esters is 1. The number of hydrogen-bond donors (Lipinski definition) is 1. The molecule has 1 aromatic carbocycles. The third-order valence-electron chi connectivity index (χ3n) is 3.02. The van der Waals surface area contributed by atoms with Gasteiger partial charge in [0.25, 0.3) is 0 Å². The summed E-state index contributed by atoms with van der Waals surface area (Å²) in [6.45, 7) is 2.63. The Morgan fingerprint density at radius 1 is 1.32 bits per heavy atom. The lowest BCUT2D eigenvalue weighted by Gasteiger charge is -2.13. The van der Waals surface area contributed by atoms with Crippen molar-refractivity contribution in [3.8, 4) is 0 Å². The molecule has 2 aromatic rings. The van der Waals surface area contributed by atoms with Gasteiger partial charge < -0.3 is 14.5 Å². The van der Waals surface area contributed by atoms with Gasteiger partial charge in [-0.15, -0.1) is 0 Å². The summed E-state index contributed by atoms with van der Waals surface area (Å²) in [7, 11) is 1.34. The van der Waals surface area contributed by atoms with E-state index >= 15 is 0 Å². The van der Waals surface area contributed by atoms with Crippen LogP contribution in [0.3, 0.4) is 0 Å². The van der Waals surface area contributed by atoms with Crippen LogP contribution in [0, 0.1) is 0 Å². The predicted octanol–water partition coefficient (Wildman–Crippen LogP) is 2.92. The van der Waals surface area contributed by atoms with Crippen LogP contribution in [-0.4, -0.2) is 13.1 Å². The molecule has 1 aromatic heterocycles. The molecule has 4 heteroatoms. The maximum Gasteiger partial charge on any atom is 0.374 e. The highest BCUT2D eigenvalue weighted by Crippen LogP contribution is 2.15. The van der Waals surface area contributed by atoms with Crippen molar-refractivity contribution in [3.63, 3.8) is 0 Å². The van der Waals surface area contributed by atoms with Crippen molar-refractivity contribution in [1.29, 1.82) is 0 Å². The van der Waals surface area contributed by atoms with Gasteiger partial charge in [0.15, 0.2) is 0 Å². The monoisotopic (exact) mass is 259 g/mol. The molecule has 0 radical (unpaired) electrons. The number of benzene rings is 1. The molecule has 0 saturated heterocycles. The molecule has 0 saturated carbocycles. The number of methoxy groups -OCH3 is 1. The molecular weight excluding hydrogens is 242 g/mol. The number of carbonyl (C=O) groups is 1. The van der Waals surface area contributed by atoms with Gasteiger partial charge in [-0.25, -0.2) is 4.79 Å². The van der Waals surface area contributed by atoms with Crippen LogP contribution in [0.4, 0.5) is 0 Å². The van der Waals surface area contributed by atoms with Crippen molar-refractivity contribution < 1.29 is 13.9 Å². The Morgan fingerprint density at radius 3 is 2.74 bits per heavy atom. The molecule has 0 aliphatic carbocycles. The van der Waals surface area contributed by atoms with Crippen LogP contribution in [0.2, 0.25) is 0 Å². The molecule has 1 N–H and O–H groups in total. The van der Waals surface area contributed by atoms with E-state index in [1.54, 1.807) is 6.07 Å². The zero-order valence-electron chi connectivity index (χ0n) is 11.1. The second-order valence-electron chi connectivity index (χ2n) is 4.28. The Labute approximate surface area is 112 Å². The van der Waals surface area contributed by atoms with Gasteiger partial charge in [0.2, 0.25) is 5.76 Å². The molecule has 0 bridgehead atoms. The minimum absolute atomic E-state index is 0.196. The van der Waals surface area contributed by atoms with Crippen LogP contribution in [0.5, 0.6) is 0 Å². The maximum atomic E-state index is 11.5. The van der Waals surface area contributed by atoms with Crippen LogP contribution in [0.25, 0.3) is 0 Å². The van der Waals surface area contributed by atoms with E-state index in [0.717, 1.165) is 5.56 Å². The van der Waals surface area contributed by atoms with Gasteiger partial charge >= 0.3 is 5.97 Å². The second kappa shape index (κ2) is 6.20. The number of nitrogens with one attached hydrogen (secondary N) is 1. The van der Waals surface area contributed by atoms with E-state index in [4.69, 9.17) is 4.42 Å². The number of carbonyl (C=O) groups excluding carboxylic acids is 1. The molecule has 0 amide bonds. The van der Waals surface area contributed by atoms with E-state index in [0.29, 0.717) is 6.54 Å². The van der Waals surface area contributed by atoms with Gasteiger partial charge in [0.1, 0.15) is 0 Å². The van der Waals surface area contributed by atoms with E-state index in [2.05, 4.69) is 29.1 Å². The number of ether oxygens (including phenoxy) is 1. The predicted molar refractivity (Wildman–Crippen MR) is 71.7 cm³/mol. The van der Waals surface area contributed by atoms with Crippen LogP contribution in [0.15, 0.2) is 47.1 Å². The van der Waals surface area contributed by atoms with E-state index in [9.17, 15) is 4.79 Å². The molecule has 0 spiro atoms. The van der Waals surface area contributed by atoms with Crippen LogP contribution in [0.1, 0.15) is 34.6 Å². The second-order valence-corrected chi connectivity index (χ2v) is 4.28. The fraction of sp³-hybridized carbons (Fsp3) is 0.267. The first-order valence-corrected chi connectivity index (χ1v) is 6.15. The van der Waals surface area contributed by atoms with Gasteiger partial charge in [-0.3, -0.25) is 0 Å². The summed E-state index contributed by atoms with van der Waals surface area (Å²) in [5, 5.41) is 3.35. The van der Waals surface area contributed by atoms with Crippen LogP contribution in [-0.2, 0) is 11.3 Å². The van der Waals surface area contributed by atoms with Crippen LogP contribution < -0.4 is 5.32 Å². The topological polar surface area (TPSA) is 51.5 Å². The first-order valence-electron chi connectivity index (χ1n) is 6.15. The molecule has 4 nitrogen and oxygen atoms in total. The summed E-state index contributed by atoms with van der Waals surface area (Å²) >= 11 is 0. The number of rotatable bonds is 5. The maximum absolute atomic E-state index is 11.5. The summed E-state index contributed by atoms with van der Waals surface area (Å²) in [5.41, 5.74) is 2.00. The third-order valence-corrected chi connectivity index (χ3v) is 3.02. The third kappa shape index (κ3) is 3.23. The highest BCUT2D eigenvalue weighted by molar-refractivity contribution is 5.87. The first kappa shape index (κ1) is 13.4. The minimum atomic E-state index is -0.450.